The van der Waals surface area contributed by atoms with E-state index >= 15 is 0 Å². The maximum Gasteiger partial charge on any atom is 0.261 e. The minimum Gasteiger partial charge on any atom is -0.332 e. The van der Waals surface area contributed by atoms with Crippen molar-refractivity contribution in [2.75, 3.05) is 10.0 Å². The van der Waals surface area contributed by atoms with Gasteiger partial charge in [0.05, 0.1) is 16.0 Å². The van der Waals surface area contributed by atoms with Crippen molar-refractivity contribution in [3.8, 4) is 0 Å². The molecule has 0 saturated carbocycles. The Hall–Kier alpha value is -3.56. The quantitative estimate of drug-likeness (QED) is 0.357. The third kappa shape index (κ3) is 4.84. The van der Waals surface area contributed by atoms with Gasteiger partial charge in [-0.1, -0.05) is 41.7 Å². The molecule has 6 nitrogen and oxygen atoms in total. The number of aryl methyl sites for hydroxylation is 1. The first kappa shape index (κ1) is 21.7. The fourth-order valence-corrected chi connectivity index (χ4v) is 4.87. The van der Waals surface area contributed by atoms with Crippen LogP contribution < -0.4 is 10.0 Å². The molecule has 0 bridgehead atoms. The molecule has 0 saturated heterocycles. The Balaban J connectivity index is 1.44. The monoisotopic (exact) mass is 467 g/mol. The van der Waals surface area contributed by atoms with Crippen molar-refractivity contribution in [3.05, 3.63) is 101 Å². The van der Waals surface area contributed by atoms with E-state index in [9.17, 15) is 17.6 Å². The van der Waals surface area contributed by atoms with Crippen LogP contribution in [-0.2, 0) is 10.0 Å². The molecule has 0 aliphatic rings. The number of thiazole rings is 1. The molecule has 0 amide bonds. The van der Waals surface area contributed by atoms with Crippen LogP contribution in [0.5, 0.6) is 0 Å². The Morgan fingerprint density at radius 2 is 1.69 bits per heavy atom. The van der Waals surface area contributed by atoms with Gasteiger partial charge in [0, 0.05) is 16.9 Å². The van der Waals surface area contributed by atoms with Gasteiger partial charge >= 0.3 is 0 Å². The number of halogens is 1. The summed E-state index contributed by atoms with van der Waals surface area (Å²) in [5.41, 5.74) is 2.53. The first-order chi connectivity index (χ1) is 15.3. The number of sulfonamides is 1. The van der Waals surface area contributed by atoms with Crippen molar-refractivity contribution in [1.29, 1.82) is 0 Å². The zero-order valence-corrected chi connectivity index (χ0v) is 18.5. The first-order valence-electron chi connectivity index (χ1n) is 9.53. The minimum absolute atomic E-state index is 0.0873. The van der Waals surface area contributed by atoms with Gasteiger partial charge in [-0.2, -0.15) is 0 Å². The minimum atomic E-state index is -3.90. The van der Waals surface area contributed by atoms with E-state index in [-0.39, 0.29) is 10.7 Å². The number of carbonyl (C=O) groups is 1. The molecule has 4 rings (SSSR count). The SMILES string of the molecule is Cc1ccccc1C(=O)c1cnc(Nc2ccc(NS(=O)(=O)c3cccc(F)c3)cc2)s1. The van der Waals surface area contributed by atoms with Crippen LogP contribution in [0.25, 0.3) is 0 Å². The fourth-order valence-electron chi connectivity index (χ4n) is 2.99. The van der Waals surface area contributed by atoms with E-state index < -0.39 is 15.8 Å². The fraction of sp³-hybridized carbons (Fsp3) is 0.0435. The molecular formula is C23H18FN3O3S2. The molecule has 0 aliphatic carbocycles. The highest BCUT2D eigenvalue weighted by molar-refractivity contribution is 7.92. The molecule has 1 aromatic heterocycles. The molecule has 3 aromatic carbocycles. The van der Waals surface area contributed by atoms with E-state index in [1.165, 1.54) is 35.7 Å². The summed E-state index contributed by atoms with van der Waals surface area (Å²) in [4.78, 5) is 17.3. The average Bonchev–Trinajstić information content (AvgIpc) is 3.23. The molecule has 0 unspecified atom stereocenters. The van der Waals surface area contributed by atoms with Crippen LogP contribution in [0.3, 0.4) is 0 Å². The smallest absolute Gasteiger partial charge is 0.261 e. The van der Waals surface area contributed by atoms with E-state index in [2.05, 4.69) is 15.0 Å². The Labute approximate surface area is 188 Å². The van der Waals surface area contributed by atoms with Crippen LogP contribution in [-0.4, -0.2) is 19.2 Å². The highest BCUT2D eigenvalue weighted by Gasteiger charge is 2.16. The molecule has 9 heteroatoms. The second kappa shape index (κ2) is 8.89. The van der Waals surface area contributed by atoms with Gasteiger partial charge in [0.25, 0.3) is 10.0 Å². The number of nitrogens with zero attached hydrogens (tertiary/aromatic N) is 1. The molecule has 1 heterocycles. The molecule has 0 radical (unpaired) electrons. The number of nitrogens with one attached hydrogen (secondary N) is 2. The molecular weight excluding hydrogens is 449 g/mol. The summed E-state index contributed by atoms with van der Waals surface area (Å²) in [5.74, 6) is -0.716. The van der Waals surface area contributed by atoms with E-state index in [0.717, 1.165) is 11.6 Å². The molecule has 162 valence electrons. The molecule has 4 aromatic rings. The van der Waals surface area contributed by atoms with E-state index in [1.807, 2.05) is 25.1 Å². The third-order valence-electron chi connectivity index (χ3n) is 4.61. The highest BCUT2D eigenvalue weighted by Crippen LogP contribution is 2.26. The average molecular weight is 468 g/mol. The van der Waals surface area contributed by atoms with E-state index in [4.69, 9.17) is 0 Å². The van der Waals surface area contributed by atoms with Gasteiger partial charge < -0.3 is 5.32 Å². The third-order valence-corrected chi connectivity index (χ3v) is 6.90. The summed E-state index contributed by atoms with van der Waals surface area (Å²) in [6.45, 7) is 1.89. The van der Waals surface area contributed by atoms with Crippen molar-refractivity contribution < 1.29 is 17.6 Å². The number of hydrogen-bond acceptors (Lipinski definition) is 6. The Bertz CT molecular complexity index is 1380. The molecule has 0 aliphatic heterocycles. The first-order valence-corrected chi connectivity index (χ1v) is 11.8. The van der Waals surface area contributed by atoms with Crippen LogP contribution in [0.1, 0.15) is 20.8 Å². The summed E-state index contributed by atoms with van der Waals surface area (Å²) >= 11 is 1.23. The van der Waals surface area contributed by atoms with Gasteiger partial charge in [-0.25, -0.2) is 17.8 Å². The largest absolute Gasteiger partial charge is 0.332 e. The lowest BCUT2D eigenvalue weighted by atomic mass is 10.0. The molecule has 0 atom stereocenters. The number of benzene rings is 3. The zero-order valence-electron chi connectivity index (χ0n) is 16.9. The normalized spacial score (nSPS) is 11.2. The van der Waals surface area contributed by atoms with Crippen LogP contribution in [0.4, 0.5) is 20.9 Å². The standard InChI is InChI=1S/C23H18FN3O3S2/c1-15-5-2-3-8-20(15)22(28)21-14-25-23(31-21)26-17-9-11-18(12-10-17)27-32(29,30)19-7-4-6-16(24)13-19/h2-14,27H,1H3,(H,25,26). The summed E-state index contributed by atoms with van der Waals surface area (Å²) in [6, 6.07) is 18.7. The summed E-state index contributed by atoms with van der Waals surface area (Å²) in [6.07, 6.45) is 1.53. The summed E-state index contributed by atoms with van der Waals surface area (Å²) in [5, 5.41) is 3.64. The molecule has 0 fully saturated rings. The lowest BCUT2D eigenvalue weighted by molar-refractivity contribution is 0.104. The predicted molar refractivity (Wildman–Crippen MR) is 124 cm³/mol. The van der Waals surface area contributed by atoms with Gasteiger partial charge in [0.2, 0.25) is 5.78 Å². The Morgan fingerprint density at radius 3 is 2.41 bits per heavy atom. The van der Waals surface area contributed by atoms with Gasteiger partial charge in [0.15, 0.2) is 5.13 Å². The number of aromatic nitrogens is 1. The second-order valence-electron chi connectivity index (χ2n) is 6.94. The Kier molecular flexibility index (Phi) is 6.02. The van der Waals surface area contributed by atoms with Crippen molar-refractivity contribution >= 4 is 43.6 Å². The molecule has 0 spiro atoms. The maximum absolute atomic E-state index is 13.3. The van der Waals surface area contributed by atoms with Gasteiger partial charge in [-0.05, 0) is 55.0 Å². The van der Waals surface area contributed by atoms with Gasteiger partial charge in [0.1, 0.15) is 5.82 Å². The highest BCUT2D eigenvalue weighted by atomic mass is 32.2. The van der Waals surface area contributed by atoms with Crippen LogP contribution >= 0.6 is 11.3 Å². The van der Waals surface area contributed by atoms with E-state index in [1.54, 1.807) is 30.3 Å². The van der Waals surface area contributed by atoms with E-state index in [0.29, 0.717) is 26.9 Å². The summed E-state index contributed by atoms with van der Waals surface area (Å²) in [7, 11) is -3.90. The second-order valence-corrected chi connectivity index (χ2v) is 9.65. The number of carbonyl (C=O) groups excluding carboxylic acids is 1. The lowest BCUT2D eigenvalue weighted by Crippen LogP contribution is -2.13. The van der Waals surface area contributed by atoms with Crippen LogP contribution in [0.2, 0.25) is 0 Å². The summed E-state index contributed by atoms with van der Waals surface area (Å²) < 4.78 is 40.6. The molecule has 2 N–H and O–H groups in total. The van der Waals surface area contributed by atoms with Crippen LogP contribution in [0.15, 0.2) is 83.9 Å². The number of hydrogen-bond donors (Lipinski definition) is 2. The zero-order chi connectivity index (χ0) is 22.7. The number of ketones is 1. The molecule has 32 heavy (non-hydrogen) atoms. The number of rotatable bonds is 7. The lowest BCUT2D eigenvalue weighted by Gasteiger charge is -2.09. The van der Waals surface area contributed by atoms with Gasteiger partial charge in [-0.15, -0.1) is 0 Å². The van der Waals surface area contributed by atoms with Crippen molar-refractivity contribution in [2.24, 2.45) is 0 Å². The van der Waals surface area contributed by atoms with Crippen molar-refractivity contribution in [3.63, 3.8) is 0 Å². The van der Waals surface area contributed by atoms with Crippen LogP contribution in [0, 0.1) is 12.7 Å². The van der Waals surface area contributed by atoms with Crippen molar-refractivity contribution in [1.82, 2.24) is 4.98 Å². The van der Waals surface area contributed by atoms with Gasteiger partial charge in [-0.3, -0.25) is 9.52 Å². The predicted octanol–water partition coefficient (Wildman–Crippen LogP) is 5.37. The topological polar surface area (TPSA) is 88.2 Å². The van der Waals surface area contributed by atoms with Crippen molar-refractivity contribution in [2.45, 2.75) is 11.8 Å². The maximum atomic E-state index is 13.3. The Morgan fingerprint density at radius 1 is 0.969 bits per heavy atom. The number of anilines is 3.